The Morgan fingerprint density at radius 1 is 1.50 bits per heavy atom. The van der Waals surface area contributed by atoms with Crippen LogP contribution in [-0.2, 0) is 11.2 Å². The molecule has 1 unspecified atom stereocenters. The normalized spacial score (nSPS) is 12.8. The lowest BCUT2D eigenvalue weighted by Crippen LogP contribution is -2.12. The molecule has 78 valence electrons. The second kappa shape index (κ2) is 6.44. The van der Waals surface area contributed by atoms with Crippen LogP contribution in [0.25, 0.3) is 0 Å². The number of alkyl halides is 1. The lowest BCUT2D eigenvalue weighted by molar-refractivity contribution is 0.161. The summed E-state index contributed by atoms with van der Waals surface area (Å²) in [6, 6.07) is 8.29. The van der Waals surface area contributed by atoms with Gasteiger partial charge in [0, 0.05) is 17.5 Å². The van der Waals surface area contributed by atoms with Crippen LogP contribution in [0.2, 0.25) is 0 Å². The van der Waals surface area contributed by atoms with Gasteiger partial charge in [0.25, 0.3) is 0 Å². The first-order chi connectivity index (χ1) is 6.76. The van der Waals surface area contributed by atoms with Crippen molar-refractivity contribution in [3.8, 4) is 0 Å². The largest absolute Gasteiger partial charge is 0.384 e. The van der Waals surface area contributed by atoms with Crippen LogP contribution in [0.4, 0.5) is 0 Å². The van der Waals surface area contributed by atoms with Crippen LogP contribution in [0.5, 0.6) is 0 Å². The van der Waals surface area contributed by atoms with Crippen molar-refractivity contribution in [2.75, 3.05) is 19.6 Å². The monoisotopic (exact) mass is 276 g/mol. The Balaban J connectivity index is 2.57. The highest BCUT2D eigenvalue weighted by atomic mass is 79.9. The van der Waals surface area contributed by atoms with Gasteiger partial charge in [-0.15, -0.1) is 11.6 Å². The minimum absolute atomic E-state index is 0.399. The molecule has 0 saturated carbocycles. The number of methoxy groups -OCH3 is 1. The molecule has 0 radical (unpaired) electrons. The number of ether oxygens (including phenoxy) is 1. The maximum atomic E-state index is 5.84. The van der Waals surface area contributed by atoms with E-state index in [1.54, 1.807) is 7.11 Å². The van der Waals surface area contributed by atoms with Crippen LogP contribution in [0.1, 0.15) is 5.56 Å². The molecule has 1 nitrogen and oxygen atoms in total. The van der Waals surface area contributed by atoms with E-state index in [-0.39, 0.29) is 0 Å². The molecular weight excluding hydrogens is 263 g/mol. The number of hydrogen-bond donors (Lipinski definition) is 0. The van der Waals surface area contributed by atoms with Gasteiger partial charge in [-0.3, -0.25) is 0 Å². The van der Waals surface area contributed by atoms with Crippen molar-refractivity contribution in [3.63, 3.8) is 0 Å². The molecule has 1 aromatic carbocycles. The summed E-state index contributed by atoms with van der Waals surface area (Å²) < 4.78 is 6.21. The third kappa shape index (κ3) is 3.99. The number of rotatable bonds is 5. The highest BCUT2D eigenvalue weighted by Crippen LogP contribution is 2.16. The third-order valence-corrected chi connectivity index (χ3v) is 2.96. The fourth-order valence-electron chi connectivity index (χ4n) is 1.39. The molecule has 1 aromatic rings. The maximum Gasteiger partial charge on any atom is 0.0505 e. The van der Waals surface area contributed by atoms with E-state index in [1.807, 2.05) is 12.1 Å². The topological polar surface area (TPSA) is 9.23 Å². The summed E-state index contributed by atoms with van der Waals surface area (Å²) in [5.74, 6) is 1.04. The molecule has 0 spiro atoms. The van der Waals surface area contributed by atoms with Crippen molar-refractivity contribution in [1.29, 1.82) is 0 Å². The predicted octanol–water partition coefficient (Wildman–Crippen LogP) is 3.49. The average Bonchev–Trinajstić information content (AvgIpc) is 2.17. The highest BCUT2D eigenvalue weighted by molar-refractivity contribution is 9.10. The number of hydrogen-bond acceptors (Lipinski definition) is 1. The van der Waals surface area contributed by atoms with Gasteiger partial charge in [-0.05, 0) is 30.0 Å². The predicted molar refractivity (Wildman–Crippen MR) is 63.9 cm³/mol. The molecule has 1 atom stereocenters. The summed E-state index contributed by atoms with van der Waals surface area (Å²) in [5.41, 5.74) is 1.29. The quantitative estimate of drug-likeness (QED) is 0.749. The summed E-state index contributed by atoms with van der Waals surface area (Å²) in [6.07, 6.45) is 0.969. The lowest BCUT2D eigenvalue weighted by Gasteiger charge is -2.12. The summed E-state index contributed by atoms with van der Waals surface area (Å²) >= 11 is 9.29. The molecule has 3 heteroatoms. The van der Waals surface area contributed by atoms with Gasteiger partial charge in [-0.25, -0.2) is 0 Å². The fraction of sp³-hybridized carbons (Fsp3) is 0.455. The summed E-state index contributed by atoms with van der Waals surface area (Å²) in [4.78, 5) is 0. The Bertz CT molecular complexity index is 278. The van der Waals surface area contributed by atoms with Crippen LogP contribution in [0, 0.1) is 5.92 Å². The van der Waals surface area contributed by atoms with E-state index in [4.69, 9.17) is 16.3 Å². The first-order valence-electron chi connectivity index (χ1n) is 4.55. The molecule has 0 N–H and O–H groups in total. The van der Waals surface area contributed by atoms with Gasteiger partial charge in [0.1, 0.15) is 0 Å². The zero-order valence-electron chi connectivity index (χ0n) is 8.17. The van der Waals surface area contributed by atoms with Gasteiger partial charge < -0.3 is 4.74 Å². The molecule has 0 aromatic heterocycles. The minimum atomic E-state index is 0.399. The molecule has 0 aliphatic carbocycles. The standard InChI is InChI=1S/C11H14BrClO/c1-14-8-10(7-13)5-9-3-2-4-11(12)6-9/h2-4,6,10H,5,7-8H2,1H3. The van der Waals surface area contributed by atoms with Crippen molar-refractivity contribution in [2.24, 2.45) is 5.92 Å². The van der Waals surface area contributed by atoms with Crippen LogP contribution in [0.3, 0.4) is 0 Å². The van der Waals surface area contributed by atoms with Crippen molar-refractivity contribution >= 4 is 27.5 Å². The second-order valence-corrected chi connectivity index (χ2v) is 4.53. The highest BCUT2D eigenvalue weighted by Gasteiger charge is 2.07. The Morgan fingerprint density at radius 3 is 2.86 bits per heavy atom. The summed E-state index contributed by atoms with van der Waals surface area (Å²) in [7, 11) is 1.71. The molecule has 0 aliphatic rings. The molecule has 0 heterocycles. The Morgan fingerprint density at radius 2 is 2.29 bits per heavy atom. The molecular formula is C11H14BrClO. The maximum absolute atomic E-state index is 5.84. The van der Waals surface area contributed by atoms with E-state index in [9.17, 15) is 0 Å². The average molecular weight is 278 g/mol. The first-order valence-corrected chi connectivity index (χ1v) is 5.88. The fourth-order valence-corrected chi connectivity index (χ4v) is 2.04. The van der Waals surface area contributed by atoms with Crippen molar-refractivity contribution in [2.45, 2.75) is 6.42 Å². The van der Waals surface area contributed by atoms with Gasteiger partial charge in [0.2, 0.25) is 0 Å². The molecule has 0 aliphatic heterocycles. The van der Waals surface area contributed by atoms with E-state index in [1.165, 1.54) is 5.56 Å². The molecule has 1 rings (SSSR count). The van der Waals surface area contributed by atoms with Crippen LogP contribution < -0.4 is 0 Å². The van der Waals surface area contributed by atoms with Crippen LogP contribution >= 0.6 is 27.5 Å². The molecule has 0 bridgehead atoms. The second-order valence-electron chi connectivity index (χ2n) is 3.31. The number of benzene rings is 1. The van der Waals surface area contributed by atoms with E-state index in [2.05, 4.69) is 28.1 Å². The SMILES string of the molecule is COCC(CCl)Cc1cccc(Br)c1. The lowest BCUT2D eigenvalue weighted by atomic mass is 10.0. The van der Waals surface area contributed by atoms with Gasteiger partial charge in [0.05, 0.1) is 6.61 Å². The summed E-state index contributed by atoms with van der Waals surface area (Å²) in [5, 5.41) is 0. The van der Waals surface area contributed by atoms with E-state index >= 15 is 0 Å². The molecule has 14 heavy (non-hydrogen) atoms. The molecule has 0 fully saturated rings. The zero-order chi connectivity index (χ0) is 10.4. The molecule has 0 saturated heterocycles. The van der Waals surface area contributed by atoms with E-state index in [0.717, 1.165) is 17.5 Å². The Labute approximate surface area is 98.5 Å². The van der Waals surface area contributed by atoms with Gasteiger partial charge in [-0.2, -0.15) is 0 Å². The molecule has 0 amide bonds. The first kappa shape index (κ1) is 12.0. The zero-order valence-corrected chi connectivity index (χ0v) is 10.5. The van der Waals surface area contributed by atoms with E-state index < -0.39 is 0 Å². The van der Waals surface area contributed by atoms with Crippen molar-refractivity contribution in [1.82, 2.24) is 0 Å². The van der Waals surface area contributed by atoms with Gasteiger partial charge in [0.15, 0.2) is 0 Å². The van der Waals surface area contributed by atoms with Crippen molar-refractivity contribution < 1.29 is 4.74 Å². The minimum Gasteiger partial charge on any atom is -0.384 e. The smallest absolute Gasteiger partial charge is 0.0505 e. The summed E-state index contributed by atoms with van der Waals surface area (Å²) in [6.45, 7) is 0.718. The van der Waals surface area contributed by atoms with Crippen molar-refractivity contribution in [3.05, 3.63) is 34.3 Å². The van der Waals surface area contributed by atoms with E-state index in [0.29, 0.717) is 11.8 Å². The third-order valence-electron chi connectivity index (χ3n) is 2.03. The van der Waals surface area contributed by atoms with Crippen LogP contribution in [0.15, 0.2) is 28.7 Å². The van der Waals surface area contributed by atoms with Gasteiger partial charge in [-0.1, -0.05) is 28.1 Å². The van der Waals surface area contributed by atoms with Crippen LogP contribution in [-0.4, -0.2) is 19.6 Å². The number of halogens is 2. The van der Waals surface area contributed by atoms with Gasteiger partial charge >= 0.3 is 0 Å². The Hall–Kier alpha value is -0.0500. The Kier molecular flexibility index (Phi) is 5.53.